The minimum atomic E-state index is -4.51. The summed E-state index contributed by atoms with van der Waals surface area (Å²) >= 11 is 0. The molecule has 8 rings (SSSR count). The highest BCUT2D eigenvalue weighted by atomic mass is 19.4. The van der Waals surface area contributed by atoms with Crippen LogP contribution in [-0.4, -0.2) is 42.5 Å². The zero-order chi connectivity index (χ0) is 28.7. The third kappa shape index (κ3) is 4.23. The third-order valence-corrected chi connectivity index (χ3v) is 8.56. The quantitative estimate of drug-likeness (QED) is 0.280. The predicted octanol–water partition coefficient (Wildman–Crippen LogP) is 5.69. The molecule has 3 saturated carbocycles. The largest absolute Gasteiger partial charge is 0.480 e. The number of carbonyl (C=O) groups excluding carboxylic acids is 1. The molecule has 4 aliphatic rings. The molecule has 0 saturated heterocycles. The van der Waals surface area contributed by atoms with Crippen LogP contribution in [0.1, 0.15) is 72.5 Å². The monoisotopic (exact) mass is 573 g/mol. The summed E-state index contributed by atoms with van der Waals surface area (Å²) in [6.45, 7) is 0.272. The Balaban J connectivity index is 1.13. The Morgan fingerprint density at radius 3 is 2.48 bits per heavy atom. The van der Waals surface area contributed by atoms with E-state index in [1.54, 1.807) is 28.7 Å². The summed E-state index contributed by atoms with van der Waals surface area (Å²) in [5.41, 5.74) is 3.00. The van der Waals surface area contributed by atoms with Crippen LogP contribution in [0, 0.1) is 5.92 Å². The second kappa shape index (κ2) is 9.07. The summed E-state index contributed by atoms with van der Waals surface area (Å²) in [4.78, 5) is 37.5. The number of aromatic nitrogens is 6. The predicted molar refractivity (Wildman–Crippen MR) is 145 cm³/mol. The summed E-state index contributed by atoms with van der Waals surface area (Å²) in [6, 6.07) is 7.25. The first kappa shape index (κ1) is 25.4. The van der Waals surface area contributed by atoms with Gasteiger partial charge in [0.25, 0.3) is 0 Å². The highest BCUT2D eigenvalue weighted by molar-refractivity contribution is 6.00. The second-order valence-electron chi connectivity index (χ2n) is 11.5. The lowest BCUT2D eigenvalue weighted by Gasteiger charge is -2.28. The van der Waals surface area contributed by atoms with Crippen LogP contribution in [0.4, 0.5) is 19.0 Å². The first-order valence-electron chi connectivity index (χ1n) is 14.1. The van der Waals surface area contributed by atoms with Gasteiger partial charge in [-0.1, -0.05) is 24.3 Å². The molecule has 0 spiro atoms. The molecular formula is C30H26F3N7O2. The van der Waals surface area contributed by atoms with Crippen molar-refractivity contribution >= 4 is 11.7 Å². The van der Waals surface area contributed by atoms with Crippen molar-refractivity contribution in [2.45, 2.75) is 62.7 Å². The van der Waals surface area contributed by atoms with Gasteiger partial charge < -0.3 is 9.30 Å². The summed E-state index contributed by atoms with van der Waals surface area (Å²) in [5.74, 6) is 2.04. The zero-order valence-corrected chi connectivity index (χ0v) is 22.7. The molecule has 0 unspecified atom stereocenters. The van der Waals surface area contributed by atoms with E-state index in [9.17, 15) is 18.0 Å². The van der Waals surface area contributed by atoms with Gasteiger partial charge in [-0.2, -0.15) is 13.2 Å². The minimum absolute atomic E-state index is 0.0130. The van der Waals surface area contributed by atoms with E-state index < -0.39 is 11.9 Å². The normalized spacial score (nSPS) is 21.2. The molecule has 214 valence electrons. The van der Waals surface area contributed by atoms with Crippen molar-refractivity contribution in [2.75, 3.05) is 12.0 Å². The van der Waals surface area contributed by atoms with Crippen LogP contribution < -0.4 is 9.64 Å². The minimum Gasteiger partial charge on any atom is -0.480 e. The molecular weight excluding hydrogens is 547 g/mol. The topological polar surface area (TPSA) is 98.9 Å². The fourth-order valence-corrected chi connectivity index (χ4v) is 5.98. The van der Waals surface area contributed by atoms with Crippen LogP contribution in [0.3, 0.4) is 0 Å². The molecule has 3 aliphatic carbocycles. The highest BCUT2D eigenvalue weighted by Crippen LogP contribution is 2.55. The Hall–Kier alpha value is -4.35. The van der Waals surface area contributed by atoms with Crippen LogP contribution >= 0.6 is 0 Å². The average molecular weight is 574 g/mol. The van der Waals surface area contributed by atoms with Crippen LogP contribution in [0.2, 0.25) is 0 Å². The van der Waals surface area contributed by atoms with Crippen LogP contribution in [-0.2, 0) is 17.5 Å². The molecule has 3 fully saturated rings. The maximum Gasteiger partial charge on any atom is 0.434 e. The van der Waals surface area contributed by atoms with Crippen molar-refractivity contribution in [3.8, 4) is 28.7 Å². The third-order valence-electron chi connectivity index (χ3n) is 8.56. The van der Waals surface area contributed by atoms with E-state index in [1.165, 1.54) is 6.33 Å². The lowest BCUT2D eigenvalue weighted by molar-refractivity contribution is -0.140. The van der Waals surface area contributed by atoms with Gasteiger partial charge in [-0.3, -0.25) is 9.69 Å². The fourth-order valence-electron chi connectivity index (χ4n) is 5.98. The summed E-state index contributed by atoms with van der Waals surface area (Å²) in [5, 5.41) is 0. The standard InChI is InChI=1S/C30H26F3N7O2/c1-42-28-23(24(16-6-7-16)35-14-36-28)25-34-11-21-19-10-20(19)29(41)40(27(21)38-25)12-15-2-4-17(5-3-15)26-37-22(30(31,32)33)13-39(26)18-8-9-18/h2-5,11,13-14,16,18-20H,6-10,12H2,1H3/t19-,20+/m0/s1. The number of carbonyl (C=O) groups is 1. The summed E-state index contributed by atoms with van der Waals surface area (Å²) < 4.78 is 47.4. The lowest BCUT2D eigenvalue weighted by atomic mass is 10.0. The number of nitrogens with zero attached hydrogens (tertiary/aromatic N) is 7. The van der Waals surface area contributed by atoms with E-state index in [0.29, 0.717) is 40.4 Å². The number of methoxy groups -OCH3 is 1. The van der Waals surface area contributed by atoms with Crippen LogP contribution in [0.15, 0.2) is 43.0 Å². The van der Waals surface area contributed by atoms with Crippen molar-refractivity contribution in [1.82, 2.24) is 29.5 Å². The molecule has 1 aromatic carbocycles. The van der Waals surface area contributed by atoms with E-state index in [4.69, 9.17) is 9.72 Å². The molecule has 2 atom stereocenters. The Bertz CT molecular complexity index is 1730. The van der Waals surface area contributed by atoms with Gasteiger partial charge in [-0.15, -0.1) is 0 Å². The molecule has 1 amide bonds. The highest BCUT2D eigenvalue weighted by Gasteiger charge is 2.52. The molecule has 0 bridgehead atoms. The van der Waals surface area contributed by atoms with Gasteiger partial charge >= 0.3 is 6.18 Å². The van der Waals surface area contributed by atoms with E-state index in [1.807, 2.05) is 18.3 Å². The van der Waals surface area contributed by atoms with Gasteiger partial charge in [-0.05, 0) is 37.7 Å². The molecule has 0 N–H and O–H groups in total. The summed E-state index contributed by atoms with van der Waals surface area (Å²) in [6.07, 6.45) is 4.40. The Kier molecular flexibility index (Phi) is 5.48. The zero-order valence-electron chi connectivity index (χ0n) is 22.7. The van der Waals surface area contributed by atoms with Gasteiger partial charge in [0.2, 0.25) is 11.8 Å². The van der Waals surface area contributed by atoms with Crippen molar-refractivity contribution in [3.05, 3.63) is 65.5 Å². The number of imidazole rings is 1. The molecule has 4 heterocycles. The van der Waals surface area contributed by atoms with Gasteiger partial charge in [0.15, 0.2) is 11.5 Å². The SMILES string of the molecule is COc1ncnc(C2CC2)c1-c1ncc2c(n1)N(Cc1ccc(-c3nc(C(F)(F)F)cn3C3CC3)cc1)C(=O)[C@@H]1C[C@H]21. The second-order valence-corrected chi connectivity index (χ2v) is 11.5. The first-order chi connectivity index (χ1) is 20.3. The fraction of sp³-hybridized carbons (Fsp3) is 0.400. The Morgan fingerprint density at radius 2 is 1.79 bits per heavy atom. The number of anilines is 1. The van der Waals surface area contributed by atoms with E-state index in [2.05, 4.69) is 19.9 Å². The van der Waals surface area contributed by atoms with Crippen LogP contribution in [0.5, 0.6) is 5.88 Å². The molecule has 3 aromatic heterocycles. The van der Waals surface area contributed by atoms with Gasteiger partial charge in [0.1, 0.15) is 23.5 Å². The molecule has 0 radical (unpaired) electrons. The Morgan fingerprint density at radius 1 is 1.00 bits per heavy atom. The average Bonchev–Trinajstić information content (AvgIpc) is 3.86. The number of benzene rings is 1. The smallest absolute Gasteiger partial charge is 0.434 e. The maximum atomic E-state index is 13.5. The molecule has 12 heteroatoms. The number of amides is 1. The van der Waals surface area contributed by atoms with E-state index in [-0.39, 0.29) is 30.3 Å². The number of alkyl halides is 3. The van der Waals surface area contributed by atoms with E-state index >= 15 is 0 Å². The first-order valence-corrected chi connectivity index (χ1v) is 14.1. The molecule has 4 aromatic rings. The van der Waals surface area contributed by atoms with Gasteiger partial charge in [0.05, 0.1) is 19.3 Å². The lowest BCUT2D eigenvalue weighted by Crippen LogP contribution is -2.36. The molecule has 9 nitrogen and oxygen atoms in total. The number of fused-ring (bicyclic) bond motifs is 3. The van der Waals surface area contributed by atoms with Crippen LogP contribution in [0.25, 0.3) is 22.8 Å². The number of hydrogen-bond donors (Lipinski definition) is 0. The van der Waals surface area contributed by atoms with Gasteiger partial charge in [-0.25, -0.2) is 24.9 Å². The van der Waals surface area contributed by atoms with Gasteiger partial charge in [0, 0.05) is 47.3 Å². The van der Waals surface area contributed by atoms with Crippen molar-refractivity contribution in [1.29, 1.82) is 0 Å². The summed E-state index contributed by atoms with van der Waals surface area (Å²) in [7, 11) is 1.55. The number of rotatable bonds is 7. The molecule has 42 heavy (non-hydrogen) atoms. The number of halogens is 3. The molecule has 1 aliphatic heterocycles. The van der Waals surface area contributed by atoms with E-state index in [0.717, 1.165) is 55.1 Å². The van der Waals surface area contributed by atoms with Crippen molar-refractivity contribution in [2.24, 2.45) is 5.92 Å². The maximum absolute atomic E-state index is 13.5. The number of ether oxygens (including phenoxy) is 1. The van der Waals surface area contributed by atoms with Crippen molar-refractivity contribution < 1.29 is 22.7 Å². The Labute approximate surface area is 238 Å². The number of hydrogen-bond acceptors (Lipinski definition) is 7. The van der Waals surface area contributed by atoms with Crippen molar-refractivity contribution in [3.63, 3.8) is 0 Å².